The highest BCUT2D eigenvalue weighted by Crippen LogP contribution is 2.37. The van der Waals surface area contributed by atoms with Crippen molar-refractivity contribution >= 4 is 22.6 Å². The summed E-state index contributed by atoms with van der Waals surface area (Å²) in [7, 11) is 3.21. The highest BCUT2D eigenvalue weighted by molar-refractivity contribution is 6.03. The van der Waals surface area contributed by atoms with Crippen LogP contribution >= 0.6 is 0 Å². The number of methoxy groups -OCH3 is 2. The molecule has 182 valence electrons. The molecule has 2 heterocycles. The zero-order valence-electron chi connectivity index (χ0n) is 20.5. The van der Waals surface area contributed by atoms with Gasteiger partial charge in [0.1, 0.15) is 17.2 Å². The molecule has 0 bridgehead atoms. The van der Waals surface area contributed by atoms with Crippen LogP contribution in [0.15, 0.2) is 48.5 Å². The number of hydrogen-bond donors (Lipinski definition) is 1. The second-order valence-electron chi connectivity index (χ2n) is 9.49. The highest BCUT2D eigenvalue weighted by atomic mass is 16.5. The number of hydrogen-bond acceptors (Lipinski definition) is 5. The van der Waals surface area contributed by atoms with Crippen molar-refractivity contribution in [3.63, 3.8) is 0 Å². The van der Waals surface area contributed by atoms with Gasteiger partial charge in [0, 0.05) is 42.3 Å². The number of amides is 2. The topological polar surface area (TPSA) is 77.1 Å². The molecule has 0 aliphatic carbocycles. The number of fused-ring (bicyclic) bond motifs is 2. The minimum Gasteiger partial charge on any atom is -0.496 e. The van der Waals surface area contributed by atoms with Crippen molar-refractivity contribution < 1.29 is 23.8 Å². The molecule has 2 amide bonds. The van der Waals surface area contributed by atoms with Gasteiger partial charge in [-0.05, 0) is 41.8 Å². The van der Waals surface area contributed by atoms with E-state index in [1.54, 1.807) is 25.2 Å². The summed E-state index contributed by atoms with van der Waals surface area (Å²) in [6.45, 7) is 5.12. The molecule has 0 saturated carbocycles. The minimum atomic E-state index is -0.801. The van der Waals surface area contributed by atoms with Crippen LogP contribution in [0, 0.1) is 0 Å². The summed E-state index contributed by atoms with van der Waals surface area (Å²) in [6.07, 6.45) is 1.01. The summed E-state index contributed by atoms with van der Waals surface area (Å²) in [5, 5.41) is 4.79. The first-order chi connectivity index (χ1) is 16.8. The monoisotopic (exact) mass is 474 g/mol. The summed E-state index contributed by atoms with van der Waals surface area (Å²) in [4.78, 5) is 28.2. The Bertz CT molecular complexity index is 1310. The molecule has 2 aliphatic heterocycles. The van der Waals surface area contributed by atoms with Gasteiger partial charge < -0.3 is 24.4 Å². The van der Waals surface area contributed by atoms with Gasteiger partial charge in [-0.1, -0.05) is 32.0 Å². The summed E-state index contributed by atoms with van der Waals surface area (Å²) < 4.78 is 17.4. The Morgan fingerprint density at radius 2 is 1.74 bits per heavy atom. The Balaban J connectivity index is 1.36. The first-order valence-corrected chi connectivity index (χ1v) is 11.9. The summed E-state index contributed by atoms with van der Waals surface area (Å²) in [6, 6.07) is 15.1. The molecule has 5 rings (SSSR count). The third kappa shape index (κ3) is 4.05. The van der Waals surface area contributed by atoms with Crippen molar-refractivity contribution in [2.45, 2.75) is 38.3 Å². The van der Waals surface area contributed by atoms with Crippen LogP contribution in [-0.2, 0) is 0 Å². The maximum Gasteiger partial charge on any atom is 0.258 e. The van der Waals surface area contributed by atoms with E-state index in [1.807, 2.05) is 42.5 Å². The van der Waals surface area contributed by atoms with Gasteiger partial charge in [0.2, 0.25) is 0 Å². The molecule has 0 unspecified atom stereocenters. The third-order valence-electron chi connectivity index (χ3n) is 7.02. The fourth-order valence-electron chi connectivity index (χ4n) is 4.96. The number of benzene rings is 3. The van der Waals surface area contributed by atoms with E-state index in [9.17, 15) is 9.59 Å². The Hall–Kier alpha value is -3.74. The SMILES string of the molecule is COc1cc(C(=O)N2CCC3(CC2)NC(=O)c2cc(C(C)C)ccc2O3)cc2c(OC)cccc12. The number of likely N-dealkylation sites (tertiary alicyclic amines) is 1. The van der Waals surface area contributed by atoms with Crippen molar-refractivity contribution in [3.8, 4) is 17.2 Å². The zero-order chi connectivity index (χ0) is 24.7. The number of carbonyl (C=O) groups is 2. The van der Waals surface area contributed by atoms with Crippen molar-refractivity contribution in [1.29, 1.82) is 0 Å². The molecule has 7 heteroatoms. The molecule has 3 aromatic rings. The average Bonchev–Trinajstić information content (AvgIpc) is 2.87. The van der Waals surface area contributed by atoms with Gasteiger partial charge in [0.15, 0.2) is 5.72 Å². The largest absolute Gasteiger partial charge is 0.496 e. The van der Waals surface area contributed by atoms with Crippen molar-refractivity contribution in [1.82, 2.24) is 10.2 Å². The summed E-state index contributed by atoms with van der Waals surface area (Å²) in [5.41, 5.74) is 1.40. The second-order valence-corrected chi connectivity index (χ2v) is 9.49. The van der Waals surface area contributed by atoms with E-state index in [1.165, 1.54) is 0 Å². The molecule has 1 fully saturated rings. The lowest BCUT2D eigenvalue weighted by Crippen LogP contribution is -2.61. The standard InChI is InChI=1S/C28H30N2O5/c1-17(2)18-8-9-24-22(14-18)26(31)29-28(35-24)10-12-30(13-11-28)27(32)19-15-21-20(25(16-19)34-4)6-5-7-23(21)33-3/h5-9,14-17H,10-13H2,1-4H3,(H,29,31). The van der Waals surface area contributed by atoms with Crippen LogP contribution in [0.5, 0.6) is 17.2 Å². The molecule has 7 nitrogen and oxygen atoms in total. The fraction of sp³-hybridized carbons (Fsp3) is 0.357. The third-order valence-corrected chi connectivity index (χ3v) is 7.02. The Kier molecular flexibility index (Phi) is 5.79. The number of rotatable bonds is 4. The predicted octanol–water partition coefficient (Wildman–Crippen LogP) is 4.74. The van der Waals surface area contributed by atoms with Gasteiger partial charge in [-0.3, -0.25) is 9.59 Å². The maximum atomic E-state index is 13.4. The normalized spacial score (nSPS) is 16.6. The minimum absolute atomic E-state index is 0.0879. The van der Waals surface area contributed by atoms with E-state index in [0.29, 0.717) is 60.2 Å². The quantitative estimate of drug-likeness (QED) is 0.591. The second kappa shape index (κ2) is 8.80. The zero-order valence-corrected chi connectivity index (χ0v) is 20.5. The van der Waals surface area contributed by atoms with Gasteiger partial charge in [-0.2, -0.15) is 0 Å². The van der Waals surface area contributed by atoms with Gasteiger partial charge in [-0.25, -0.2) is 0 Å². The number of piperidine rings is 1. The molecule has 0 atom stereocenters. The van der Waals surface area contributed by atoms with E-state index < -0.39 is 5.72 Å². The average molecular weight is 475 g/mol. The van der Waals surface area contributed by atoms with Gasteiger partial charge in [0.25, 0.3) is 11.8 Å². The molecule has 3 aromatic carbocycles. The molecular formula is C28H30N2O5. The van der Waals surface area contributed by atoms with Crippen LogP contribution < -0.4 is 19.5 Å². The van der Waals surface area contributed by atoms with Gasteiger partial charge in [-0.15, -0.1) is 0 Å². The van der Waals surface area contributed by atoms with E-state index >= 15 is 0 Å². The van der Waals surface area contributed by atoms with Crippen molar-refractivity contribution in [2.24, 2.45) is 0 Å². The highest BCUT2D eigenvalue weighted by Gasteiger charge is 2.43. The molecule has 35 heavy (non-hydrogen) atoms. The summed E-state index contributed by atoms with van der Waals surface area (Å²) >= 11 is 0. The van der Waals surface area contributed by atoms with Gasteiger partial charge in [0.05, 0.1) is 19.8 Å². The molecule has 0 radical (unpaired) electrons. The lowest BCUT2D eigenvalue weighted by molar-refractivity contribution is -0.0245. The maximum absolute atomic E-state index is 13.4. The van der Waals surface area contributed by atoms with E-state index in [4.69, 9.17) is 14.2 Å². The van der Waals surface area contributed by atoms with E-state index in [2.05, 4.69) is 19.2 Å². The van der Waals surface area contributed by atoms with Crippen LogP contribution in [0.4, 0.5) is 0 Å². The Morgan fingerprint density at radius 3 is 2.43 bits per heavy atom. The van der Waals surface area contributed by atoms with Crippen LogP contribution in [-0.4, -0.2) is 49.7 Å². The number of ether oxygens (including phenoxy) is 3. The first kappa shape index (κ1) is 23.0. The number of carbonyl (C=O) groups excluding carboxylic acids is 2. The van der Waals surface area contributed by atoms with Crippen LogP contribution in [0.3, 0.4) is 0 Å². The molecule has 1 spiro atoms. The molecule has 2 aliphatic rings. The molecule has 1 saturated heterocycles. The van der Waals surface area contributed by atoms with Crippen LogP contribution in [0.25, 0.3) is 10.8 Å². The predicted molar refractivity (Wildman–Crippen MR) is 134 cm³/mol. The van der Waals surface area contributed by atoms with E-state index in [-0.39, 0.29) is 11.8 Å². The summed E-state index contributed by atoms with van der Waals surface area (Å²) in [5.74, 6) is 2.02. The smallest absolute Gasteiger partial charge is 0.258 e. The Labute approximate surface area is 205 Å². The fourth-order valence-corrected chi connectivity index (χ4v) is 4.96. The Morgan fingerprint density at radius 1 is 1.00 bits per heavy atom. The van der Waals surface area contributed by atoms with Gasteiger partial charge >= 0.3 is 0 Å². The molecular weight excluding hydrogens is 444 g/mol. The first-order valence-electron chi connectivity index (χ1n) is 11.9. The van der Waals surface area contributed by atoms with Crippen LogP contribution in [0.1, 0.15) is 58.9 Å². The number of nitrogens with one attached hydrogen (secondary N) is 1. The molecule has 1 N–H and O–H groups in total. The van der Waals surface area contributed by atoms with Crippen molar-refractivity contribution in [2.75, 3.05) is 27.3 Å². The van der Waals surface area contributed by atoms with Crippen molar-refractivity contribution in [3.05, 3.63) is 65.2 Å². The number of nitrogens with zero attached hydrogens (tertiary/aromatic N) is 1. The van der Waals surface area contributed by atoms with Crippen LogP contribution in [0.2, 0.25) is 0 Å². The molecule has 0 aromatic heterocycles. The van der Waals surface area contributed by atoms with E-state index in [0.717, 1.165) is 16.3 Å². The lowest BCUT2D eigenvalue weighted by atomic mass is 9.94. The lowest BCUT2D eigenvalue weighted by Gasteiger charge is -2.44.